The number of H-pyrrole nitrogens is 1. The van der Waals surface area contributed by atoms with Gasteiger partial charge in [0.05, 0.1) is 5.52 Å². The van der Waals surface area contributed by atoms with Gasteiger partial charge < -0.3 is 9.84 Å². The first-order valence-corrected chi connectivity index (χ1v) is 15.8. The van der Waals surface area contributed by atoms with Crippen molar-refractivity contribution in [2.75, 3.05) is 0 Å². The average Bonchev–Trinajstić information content (AvgIpc) is 3.40. The molecule has 0 aliphatic carbocycles. The summed E-state index contributed by atoms with van der Waals surface area (Å²) in [5.74, 6) is 4.04. The van der Waals surface area contributed by atoms with Crippen molar-refractivity contribution in [2.24, 2.45) is 17.8 Å². The highest BCUT2D eigenvalue weighted by molar-refractivity contribution is 5.72. The van der Waals surface area contributed by atoms with E-state index in [1.807, 2.05) is 38.1 Å². The van der Waals surface area contributed by atoms with Crippen molar-refractivity contribution in [3.63, 3.8) is 0 Å². The molecule has 0 saturated heterocycles. The summed E-state index contributed by atoms with van der Waals surface area (Å²) < 4.78 is 6.60. The molecule has 5 heteroatoms. The van der Waals surface area contributed by atoms with E-state index in [1.54, 1.807) is 0 Å². The quantitative estimate of drug-likeness (QED) is 0.236. The number of ether oxygens (including phenoxy) is 1. The molecule has 2 N–H and O–H groups in total. The number of aromatic amines is 1. The van der Waals surface area contributed by atoms with Crippen LogP contribution in [0, 0.1) is 38.5 Å². The van der Waals surface area contributed by atoms with E-state index >= 15 is 0 Å². The third-order valence-electron chi connectivity index (χ3n) is 9.10. The van der Waals surface area contributed by atoms with Crippen LogP contribution in [0.25, 0.3) is 11.0 Å². The molecule has 0 fully saturated rings. The van der Waals surface area contributed by atoms with Crippen molar-refractivity contribution in [3.8, 4) is 11.5 Å². The number of hydrogen-bond acceptors (Lipinski definition) is 4. The summed E-state index contributed by atoms with van der Waals surface area (Å²) >= 11 is 0. The van der Waals surface area contributed by atoms with Crippen LogP contribution in [-0.2, 0) is 6.42 Å². The van der Waals surface area contributed by atoms with Gasteiger partial charge in [-0.15, -0.1) is 5.10 Å². The first-order chi connectivity index (χ1) is 19.0. The molecule has 40 heavy (non-hydrogen) atoms. The minimum absolute atomic E-state index is 0.0712. The molecule has 3 atom stereocenters. The van der Waals surface area contributed by atoms with Crippen LogP contribution in [0.5, 0.6) is 11.5 Å². The maximum absolute atomic E-state index is 10.4. The SMILES string of the molecule is Cc1c(C)c2c(c(C)c1O)CC[C@@](C)(CCC[C@H](C)CCC[C@H](C)CCCC(C)C)O2.c1ccc2[nH]nnc2c1. The molecule has 4 rings (SSSR count). The number of aromatic hydroxyl groups is 1. The monoisotopic (exact) mass is 549 g/mol. The molecule has 1 aromatic heterocycles. The standard InChI is InChI=1S/C29H50O2.C6H5N3/c1-20(2)12-9-13-21(3)14-10-15-22(4)16-11-18-29(8)19-17-26-25(7)27(30)23(5)24(6)28(26)31-29;1-2-4-6-5(3-1)7-9-8-6/h20-22,30H,9-19H2,1-8H3;1-4H,(H,7,8,9)/t21-,22-,29-;/m1./s1. The third kappa shape index (κ3) is 8.97. The number of rotatable bonds is 12. The Labute approximate surface area is 243 Å². The van der Waals surface area contributed by atoms with Crippen LogP contribution < -0.4 is 4.74 Å². The lowest BCUT2D eigenvalue weighted by Gasteiger charge is -2.38. The van der Waals surface area contributed by atoms with Crippen LogP contribution in [0.2, 0.25) is 0 Å². The molecule has 0 saturated carbocycles. The topological polar surface area (TPSA) is 71.0 Å². The van der Waals surface area contributed by atoms with E-state index in [4.69, 9.17) is 4.74 Å². The molecule has 0 bridgehead atoms. The lowest BCUT2D eigenvalue weighted by molar-refractivity contribution is 0.0512. The number of benzene rings is 2. The second-order valence-corrected chi connectivity index (χ2v) is 13.3. The normalized spacial score (nSPS) is 18.1. The van der Waals surface area contributed by atoms with Gasteiger partial charge in [0.15, 0.2) is 0 Å². The van der Waals surface area contributed by atoms with Gasteiger partial charge in [-0.05, 0) is 100.0 Å². The molecule has 1 aliphatic heterocycles. The molecular weight excluding hydrogens is 494 g/mol. The first-order valence-electron chi connectivity index (χ1n) is 15.8. The molecule has 0 unspecified atom stereocenters. The van der Waals surface area contributed by atoms with E-state index in [9.17, 15) is 5.11 Å². The second kappa shape index (κ2) is 14.9. The Balaban J connectivity index is 0.000000407. The summed E-state index contributed by atoms with van der Waals surface area (Å²) in [6.45, 7) is 17.9. The zero-order valence-corrected chi connectivity index (χ0v) is 26.6. The molecule has 222 valence electrons. The third-order valence-corrected chi connectivity index (χ3v) is 9.10. The lowest BCUT2D eigenvalue weighted by Crippen LogP contribution is -2.37. The molecule has 3 aromatic rings. The zero-order chi connectivity index (χ0) is 29.3. The Morgan fingerprint density at radius 3 is 2.15 bits per heavy atom. The lowest BCUT2D eigenvalue weighted by atomic mass is 9.84. The predicted octanol–water partition coefficient (Wildman–Crippen LogP) is 9.80. The molecule has 0 spiro atoms. The van der Waals surface area contributed by atoms with Crippen molar-refractivity contribution >= 4 is 11.0 Å². The number of nitrogens with zero attached hydrogens (tertiary/aromatic N) is 2. The van der Waals surface area contributed by atoms with Crippen molar-refractivity contribution in [2.45, 2.75) is 132 Å². The Hall–Kier alpha value is -2.56. The number of nitrogens with one attached hydrogen (secondary N) is 1. The van der Waals surface area contributed by atoms with Crippen LogP contribution >= 0.6 is 0 Å². The van der Waals surface area contributed by atoms with Gasteiger partial charge >= 0.3 is 0 Å². The molecule has 0 amide bonds. The van der Waals surface area contributed by atoms with Crippen molar-refractivity contribution in [3.05, 3.63) is 46.5 Å². The van der Waals surface area contributed by atoms with Crippen LogP contribution in [0.3, 0.4) is 0 Å². The Morgan fingerprint density at radius 1 is 0.875 bits per heavy atom. The summed E-state index contributed by atoms with van der Waals surface area (Å²) in [7, 11) is 0. The van der Waals surface area contributed by atoms with Gasteiger partial charge in [-0.3, -0.25) is 5.10 Å². The summed E-state index contributed by atoms with van der Waals surface area (Å²) in [5.41, 5.74) is 6.13. The Morgan fingerprint density at radius 2 is 1.50 bits per heavy atom. The van der Waals surface area contributed by atoms with Gasteiger partial charge in [-0.25, -0.2) is 0 Å². The van der Waals surface area contributed by atoms with Crippen LogP contribution in [0.15, 0.2) is 24.3 Å². The first kappa shape index (κ1) is 32.0. The van der Waals surface area contributed by atoms with E-state index in [1.165, 1.54) is 56.9 Å². The number of aromatic nitrogens is 3. The van der Waals surface area contributed by atoms with E-state index in [0.29, 0.717) is 5.75 Å². The highest BCUT2D eigenvalue weighted by Gasteiger charge is 2.34. The maximum atomic E-state index is 10.4. The number of phenolic OH excluding ortho intramolecular Hbond substituents is 1. The van der Waals surface area contributed by atoms with Gasteiger partial charge in [-0.2, -0.15) is 0 Å². The van der Waals surface area contributed by atoms with Crippen molar-refractivity contribution < 1.29 is 9.84 Å². The van der Waals surface area contributed by atoms with Crippen molar-refractivity contribution in [1.29, 1.82) is 0 Å². The Bertz CT molecular complexity index is 1170. The van der Waals surface area contributed by atoms with Gasteiger partial charge in [-0.1, -0.05) is 90.0 Å². The van der Waals surface area contributed by atoms with Gasteiger partial charge in [0.1, 0.15) is 22.6 Å². The smallest absolute Gasteiger partial charge is 0.127 e. The van der Waals surface area contributed by atoms with Crippen LogP contribution in [0.1, 0.15) is 121 Å². The average molecular weight is 550 g/mol. The minimum atomic E-state index is -0.0712. The zero-order valence-electron chi connectivity index (χ0n) is 26.6. The van der Waals surface area contributed by atoms with Gasteiger partial charge in [0, 0.05) is 5.56 Å². The largest absolute Gasteiger partial charge is 0.507 e. The number of para-hydroxylation sites is 1. The van der Waals surface area contributed by atoms with Crippen LogP contribution in [0.4, 0.5) is 0 Å². The van der Waals surface area contributed by atoms with Gasteiger partial charge in [0.25, 0.3) is 0 Å². The molecule has 2 aromatic carbocycles. The fourth-order valence-corrected chi connectivity index (χ4v) is 6.06. The highest BCUT2D eigenvalue weighted by atomic mass is 16.5. The van der Waals surface area contributed by atoms with E-state index in [0.717, 1.165) is 70.5 Å². The maximum Gasteiger partial charge on any atom is 0.127 e. The molecular formula is C35H55N3O2. The summed E-state index contributed by atoms with van der Waals surface area (Å²) in [6.07, 6.45) is 14.1. The second-order valence-electron chi connectivity index (χ2n) is 13.3. The van der Waals surface area contributed by atoms with Gasteiger partial charge in [0.2, 0.25) is 0 Å². The number of hydrogen-bond donors (Lipinski definition) is 2. The molecule has 1 aliphatic rings. The Kier molecular flexibility index (Phi) is 11.9. The highest BCUT2D eigenvalue weighted by Crippen LogP contribution is 2.44. The minimum Gasteiger partial charge on any atom is -0.507 e. The van der Waals surface area contributed by atoms with E-state index in [2.05, 4.69) is 57.0 Å². The molecule has 2 heterocycles. The van der Waals surface area contributed by atoms with Crippen molar-refractivity contribution in [1.82, 2.24) is 15.4 Å². The van der Waals surface area contributed by atoms with E-state index < -0.39 is 0 Å². The van der Waals surface area contributed by atoms with E-state index in [-0.39, 0.29) is 5.60 Å². The van der Waals surface area contributed by atoms with Crippen LogP contribution in [-0.4, -0.2) is 26.1 Å². The predicted molar refractivity (Wildman–Crippen MR) is 168 cm³/mol. The fraction of sp³-hybridized carbons (Fsp3) is 0.657. The number of phenols is 1. The fourth-order valence-electron chi connectivity index (χ4n) is 6.06. The summed E-state index contributed by atoms with van der Waals surface area (Å²) in [5, 5.41) is 20.6. The summed E-state index contributed by atoms with van der Waals surface area (Å²) in [4.78, 5) is 0. The molecule has 0 radical (unpaired) electrons. The molecule has 5 nitrogen and oxygen atoms in total. The number of fused-ring (bicyclic) bond motifs is 2. The summed E-state index contributed by atoms with van der Waals surface area (Å²) in [6, 6.07) is 7.74.